The highest BCUT2D eigenvalue weighted by atomic mass is 79.9. The molecule has 0 spiro atoms. The Bertz CT molecular complexity index is 933. The lowest BCUT2D eigenvalue weighted by Crippen LogP contribution is -2.25. The number of amides is 2. The lowest BCUT2D eigenvalue weighted by molar-refractivity contribution is 0.0954. The molecule has 3 rings (SSSR count). The number of hydrogen-bond acceptors (Lipinski definition) is 3. The van der Waals surface area contributed by atoms with Gasteiger partial charge in [-0.05, 0) is 46.6 Å². The summed E-state index contributed by atoms with van der Waals surface area (Å²) in [6.45, 7) is 2.56. The van der Waals surface area contributed by atoms with Gasteiger partial charge in [-0.3, -0.25) is 9.59 Å². The molecule has 25 heavy (non-hydrogen) atoms. The molecule has 0 fully saturated rings. The minimum atomic E-state index is -0.404. The van der Waals surface area contributed by atoms with Gasteiger partial charge in [0.25, 0.3) is 11.8 Å². The summed E-state index contributed by atoms with van der Waals surface area (Å²) in [6, 6.07) is 14.2. The molecule has 0 saturated carbocycles. The molecule has 0 aliphatic heterocycles. The van der Waals surface area contributed by atoms with Crippen molar-refractivity contribution in [1.82, 2.24) is 5.32 Å². The van der Waals surface area contributed by atoms with Crippen LogP contribution in [0, 0.1) is 0 Å². The molecule has 1 heterocycles. The molecule has 0 aliphatic carbocycles. The number of carbonyl (C=O) groups excluding carboxylic acids is 2. The van der Waals surface area contributed by atoms with Crippen molar-refractivity contribution in [3.05, 3.63) is 64.3 Å². The third-order valence-electron chi connectivity index (χ3n) is 3.68. The molecule has 0 aliphatic rings. The lowest BCUT2D eigenvalue weighted by atomic mass is 10.1. The van der Waals surface area contributed by atoms with Crippen LogP contribution in [0.25, 0.3) is 11.0 Å². The van der Waals surface area contributed by atoms with E-state index in [2.05, 4.69) is 26.6 Å². The normalized spacial score (nSPS) is 10.6. The Kier molecular flexibility index (Phi) is 5.19. The Morgan fingerprint density at radius 2 is 1.88 bits per heavy atom. The highest BCUT2D eigenvalue weighted by Gasteiger charge is 2.17. The van der Waals surface area contributed by atoms with Crippen LogP contribution in [-0.4, -0.2) is 18.4 Å². The summed E-state index contributed by atoms with van der Waals surface area (Å²) in [5, 5.41) is 6.39. The van der Waals surface area contributed by atoms with Crippen LogP contribution in [0.1, 0.15) is 34.3 Å². The van der Waals surface area contributed by atoms with E-state index in [1.807, 2.05) is 25.1 Å². The molecule has 5 nitrogen and oxygen atoms in total. The van der Waals surface area contributed by atoms with E-state index in [0.29, 0.717) is 23.4 Å². The molecular weight excluding hydrogens is 384 g/mol. The van der Waals surface area contributed by atoms with Gasteiger partial charge in [-0.15, -0.1) is 0 Å². The Balaban J connectivity index is 1.85. The maximum atomic E-state index is 12.5. The van der Waals surface area contributed by atoms with Crippen LogP contribution in [0.5, 0.6) is 0 Å². The van der Waals surface area contributed by atoms with Crippen LogP contribution >= 0.6 is 15.9 Å². The van der Waals surface area contributed by atoms with Crippen LogP contribution in [0.4, 0.5) is 5.69 Å². The van der Waals surface area contributed by atoms with Crippen molar-refractivity contribution in [2.24, 2.45) is 0 Å². The van der Waals surface area contributed by atoms with Crippen LogP contribution in [-0.2, 0) is 0 Å². The first-order chi connectivity index (χ1) is 12.1. The Hall–Kier alpha value is -2.60. The fourth-order valence-corrected chi connectivity index (χ4v) is 2.91. The first kappa shape index (κ1) is 17.2. The summed E-state index contributed by atoms with van der Waals surface area (Å²) in [5.41, 5.74) is 1.48. The standard InChI is InChI=1S/C19H17BrN2O3/c1-2-10-21-18(23)13-7-3-4-9-15(13)22-19(24)16-11-12-6-5-8-14(20)17(12)25-16/h3-9,11H,2,10H2,1H3,(H,21,23)(H,22,24). The zero-order valence-electron chi connectivity index (χ0n) is 13.6. The number of benzene rings is 2. The summed E-state index contributed by atoms with van der Waals surface area (Å²) in [7, 11) is 0. The topological polar surface area (TPSA) is 71.3 Å². The number of carbonyl (C=O) groups is 2. The van der Waals surface area contributed by atoms with Crippen LogP contribution in [0.2, 0.25) is 0 Å². The third kappa shape index (κ3) is 3.74. The summed E-state index contributed by atoms with van der Waals surface area (Å²) >= 11 is 3.40. The third-order valence-corrected chi connectivity index (χ3v) is 4.30. The van der Waals surface area contributed by atoms with E-state index >= 15 is 0 Å². The van der Waals surface area contributed by atoms with Gasteiger partial charge in [-0.25, -0.2) is 0 Å². The van der Waals surface area contributed by atoms with E-state index in [4.69, 9.17) is 4.42 Å². The highest BCUT2D eigenvalue weighted by Crippen LogP contribution is 2.27. The Morgan fingerprint density at radius 3 is 2.64 bits per heavy atom. The molecule has 3 aromatic rings. The predicted molar refractivity (Wildman–Crippen MR) is 101 cm³/mol. The van der Waals surface area contributed by atoms with Crippen molar-refractivity contribution in [2.75, 3.05) is 11.9 Å². The Morgan fingerprint density at radius 1 is 1.08 bits per heavy atom. The number of furan rings is 1. The van der Waals surface area contributed by atoms with Gasteiger partial charge in [-0.2, -0.15) is 0 Å². The molecule has 0 bridgehead atoms. The average Bonchev–Trinajstić information content (AvgIpc) is 3.06. The average molecular weight is 401 g/mol. The molecule has 6 heteroatoms. The second kappa shape index (κ2) is 7.53. The lowest BCUT2D eigenvalue weighted by Gasteiger charge is -2.10. The maximum Gasteiger partial charge on any atom is 0.291 e. The first-order valence-electron chi connectivity index (χ1n) is 7.96. The van der Waals surface area contributed by atoms with Crippen molar-refractivity contribution in [3.8, 4) is 0 Å². The molecule has 1 aromatic heterocycles. The van der Waals surface area contributed by atoms with Gasteiger partial charge < -0.3 is 15.1 Å². The first-order valence-corrected chi connectivity index (χ1v) is 8.76. The summed E-state index contributed by atoms with van der Waals surface area (Å²) < 4.78 is 6.42. The van der Waals surface area contributed by atoms with E-state index < -0.39 is 5.91 Å². The summed E-state index contributed by atoms with van der Waals surface area (Å²) in [5.74, 6) is -0.436. The highest BCUT2D eigenvalue weighted by molar-refractivity contribution is 9.10. The second-order valence-electron chi connectivity index (χ2n) is 5.52. The minimum Gasteiger partial charge on any atom is -0.450 e. The van der Waals surface area contributed by atoms with Gasteiger partial charge in [0.15, 0.2) is 5.76 Å². The predicted octanol–water partition coefficient (Wildman–Crippen LogP) is 4.59. The molecule has 128 valence electrons. The van der Waals surface area contributed by atoms with Gasteiger partial charge in [0.05, 0.1) is 15.7 Å². The molecule has 2 N–H and O–H groups in total. The van der Waals surface area contributed by atoms with E-state index in [-0.39, 0.29) is 11.7 Å². The van der Waals surface area contributed by atoms with Crippen molar-refractivity contribution in [1.29, 1.82) is 0 Å². The van der Waals surface area contributed by atoms with Crippen molar-refractivity contribution in [2.45, 2.75) is 13.3 Å². The number of halogens is 1. The summed E-state index contributed by atoms with van der Waals surface area (Å²) in [6.07, 6.45) is 0.841. The minimum absolute atomic E-state index is 0.186. The monoisotopic (exact) mass is 400 g/mol. The fraction of sp³-hybridized carbons (Fsp3) is 0.158. The van der Waals surface area contributed by atoms with Crippen LogP contribution in [0.3, 0.4) is 0 Å². The van der Waals surface area contributed by atoms with Crippen LogP contribution < -0.4 is 10.6 Å². The molecular formula is C19H17BrN2O3. The van der Waals surface area contributed by atoms with Gasteiger partial charge in [-0.1, -0.05) is 31.2 Å². The molecule has 0 saturated heterocycles. The zero-order chi connectivity index (χ0) is 17.8. The number of anilines is 1. The number of hydrogen-bond donors (Lipinski definition) is 2. The van der Waals surface area contributed by atoms with E-state index in [9.17, 15) is 9.59 Å². The number of para-hydroxylation sites is 2. The Labute approximate surface area is 153 Å². The number of fused-ring (bicyclic) bond motifs is 1. The fourth-order valence-electron chi connectivity index (χ4n) is 2.45. The van der Waals surface area contributed by atoms with Crippen LogP contribution in [0.15, 0.2) is 57.4 Å². The molecule has 0 atom stereocenters. The smallest absolute Gasteiger partial charge is 0.291 e. The van der Waals surface area contributed by atoms with Gasteiger partial charge >= 0.3 is 0 Å². The maximum absolute atomic E-state index is 12.5. The molecule has 2 amide bonds. The second-order valence-corrected chi connectivity index (χ2v) is 6.38. The largest absolute Gasteiger partial charge is 0.450 e. The van der Waals surface area contributed by atoms with Gasteiger partial charge in [0.2, 0.25) is 0 Å². The molecule has 0 unspecified atom stereocenters. The number of rotatable bonds is 5. The number of nitrogens with one attached hydrogen (secondary N) is 2. The van der Waals surface area contributed by atoms with Gasteiger partial charge in [0.1, 0.15) is 5.58 Å². The van der Waals surface area contributed by atoms with E-state index in [1.165, 1.54) is 0 Å². The zero-order valence-corrected chi connectivity index (χ0v) is 15.2. The molecule has 2 aromatic carbocycles. The van der Waals surface area contributed by atoms with E-state index in [1.54, 1.807) is 30.3 Å². The quantitative estimate of drug-likeness (QED) is 0.657. The van der Waals surface area contributed by atoms with Crippen molar-refractivity contribution < 1.29 is 14.0 Å². The van der Waals surface area contributed by atoms with Crippen molar-refractivity contribution in [3.63, 3.8) is 0 Å². The summed E-state index contributed by atoms with van der Waals surface area (Å²) in [4.78, 5) is 24.8. The van der Waals surface area contributed by atoms with Crippen molar-refractivity contribution >= 4 is 44.4 Å². The van der Waals surface area contributed by atoms with E-state index in [0.717, 1.165) is 16.3 Å². The van der Waals surface area contributed by atoms with Gasteiger partial charge in [0, 0.05) is 11.9 Å². The SMILES string of the molecule is CCCNC(=O)c1ccccc1NC(=O)c1cc2cccc(Br)c2o1. The molecule has 0 radical (unpaired) electrons.